The number of benzene rings is 2. The fraction of sp³-hybridized carbons (Fsp3) is 0.381. The van der Waals surface area contributed by atoms with E-state index in [2.05, 4.69) is 10.6 Å². The molecular weight excluding hydrogens is 358 g/mol. The van der Waals surface area contributed by atoms with Crippen molar-refractivity contribution >= 4 is 17.3 Å². The van der Waals surface area contributed by atoms with Gasteiger partial charge in [-0.25, -0.2) is 0 Å². The number of hydrogen-bond donors (Lipinski definition) is 2. The molecule has 0 saturated heterocycles. The number of rotatable bonds is 5. The Balaban J connectivity index is 1.63. The minimum absolute atomic E-state index is 0.106. The van der Waals surface area contributed by atoms with E-state index in [0.29, 0.717) is 17.7 Å². The third kappa shape index (κ3) is 3.78. The van der Waals surface area contributed by atoms with Gasteiger partial charge in [-0.15, -0.1) is 0 Å². The van der Waals surface area contributed by atoms with Crippen LogP contribution in [0.5, 0.6) is 5.75 Å². The van der Waals surface area contributed by atoms with Crippen molar-refractivity contribution in [3.05, 3.63) is 63.7 Å². The number of ether oxygens (including phenoxy) is 1. The third-order valence-corrected chi connectivity index (χ3v) is 5.08. The number of carbonyl (C=O) groups excluding carboxylic acids is 1. The molecule has 1 amide bonds. The van der Waals surface area contributed by atoms with E-state index in [4.69, 9.17) is 4.74 Å². The van der Waals surface area contributed by atoms with Crippen LogP contribution in [-0.2, 0) is 0 Å². The predicted octanol–water partition coefficient (Wildman–Crippen LogP) is 4.20. The highest BCUT2D eigenvalue weighted by Crippen LogP contribution is 2.42. The van der Waals surface area contributed by atoms with Crippen molar-refractivity contribution < 1.29 is 14.5 Å². The number of anilines is 1. The Morgan fingerprint density at radius 1 is 1.21 bits per heavy atom. The number of hydrogen-bond acceptors (Lipinski definition) is 5. The van der Waals surface area contributed by atoms with Crippen molar-refractivity contribution in [2.75, 3.05) is 5.32 Å². The fourth-order valence-electron chi connectivity index (χ4n) is 3.56. The molecule has 4 rings (SSSR count). The summed E-state index contributed by atoms with van der Waals surface area (Å²) < 4.78 is 6.03. The smallest absolute Gasteiger partial charge is 0.293 e. The monoisotopic (exact) mass is 381 g/mol. The van der Waals surface area contributed by atoms with E-state index in [9.17, 15) is 14.9 Å². The third-order valence-electron chi connectivity index (χ3n) is 5.08. The Hall–Kier alpha value is -3.09. The number of fused-ring (bicyclic) bond motifs is 1. The molecule has 0 spiro atoms. The van der Waals surface area contributed by atoms with Gasteiger partial charge in [0, 0.05) is 29.7 Å². The van der Waals surface area contributed by atoms with Crippen molar-refractivity contribution in [3.8, 4) is 5.75 Å². The molecule has 2 aliphatic rings. The molecule has 2 N–H and O–H groups in total. The first-order valence-corrected chi connectivity index (χ1v) is 9.46. The van der Waals surface area contributed by atoms with Gasteiger partial charge in [0.05, 0.1) is 11.0 Å². The second kappa shape index (κ2) is 6.82. The summed E-state index contributed by atoms with van der Waals surface area (Å²) in [5.74, 6) is 0.508. The molecule has 146 valence electrons. The van der Waals surface area contributed by atoms with Gasteiger partial charge < -0.3 is 15.4 Å². The summed E-state index contributed by atoms with van der Waals surface area (Å²) in [7, 11) is 0. The van der Waals surface area contributed by atoms with Gasteiger partial charge in [-0.3, -0.25) is 14.9 Å². The number of amides is 1. The first-order valence-electron chi connectivity index (χ1n) is 9.46. The standard InChI is InChI=1S/C21H23N3O4/c1-21(2)12-17(15-5-3-4-6-19(15)28-21)23-16-10-7-13(11-18(16)24(26)27)20(25)22-14-8-9-14/h3-7,10-11,14,17,23H,8-9,12H2,1-2H3,(H,22,25). The zero-order chi connectivity index (χ0) is 19.9. The maximum Gasteiger partial charge on any atom is 0.293 e. The largest absolute Gasteiger partial charge is 0.487 e. The van der Waals surface area contributed by atoms with Crippen LogP contribution >= 0.6 is 0 Å². The summed E-state index contributed by atoms with van der Waals surface area (Å²) in [6.45, 7) is 3.99. The molecule has 1 unspecified atom stereocenters. The van der Waals surface area contributed by atoms with E-state index in [1.807, 2.05) is 38.1 Å². The quantitative estimate of drug-likeness (QED) is 0.598. The Labute approximate surface area is 163 Å². The van der Waals surface area contributed by atoms with Crippen LogP contribution in [0.2, 0.25) is 0 Å². The average molecular weight is 381 g/mol. The molecule has 1 saturated carbocycles. The summed E-state index contributed by atoms with van der Waals surface area (Å²) in [6, 6.07) is 12.4. The maximum atomic E-state index is 12.2. The number of nitro groups is 1. The lowest BCUT2D eigenvalue weighted by Crippen LogP contribution is -2.37. The molecule has 2 aromatic rings. The molecule has 1 fully saturated rings. The van der Waals surface area contributed by atoms with Crippen LogP contribution in [0.25, 0.3) is 0 Å². The van der Waals surface area contributed by atoms with Crippen LogP contribution in [0.3, 0.4) is 0 Å². The van der Waals surface area contributed by atoms with Crippen molar-refractivity contribution in [1.29, 1.82) is 0 Å². The second-order valence-corrected chi connectivity index (χ2v) is 8.04. The summed E-state index contributed by atoms with van der Waals surface area (Å²) >= 11 is 0. The lowest BCUT2D eigenvalue weighted by Gasteiger charge is -2.38. The Bertz CT molecular complexity index is 937. The molecule has 28 heavy (non-hydrogen) atoms. The van der Waals surface area contributed by atoms with Crippen LogP contribution < -0.4 is 15.4 Å². The highest BCUT2D eigenvalue weighted by molar-refractivity contribution is 5.96. The van der Waals surface area contributed by atoms with Crippen LogP contribution in [-0.4, -0.2) is 22.5 Å². The molecule has 0 aromatic heterocycles. The van der Waals surface area contributed by atoms with Crippen LogP contribution in [0.15, 0.2) is 42.5 Å². The second-order valence-electron chi connectivity index (χ2n) is 8.04. The molecule has 1 aliphatic heterocycles. The van der Waals surface area contributed by atoms with Crippen molar-refractivity contribution in [1.82, 2.24) is 5.32 Å². The first-order chi connectivity index (χ1) is 13.3. The minimum Gasteiger partial charge on any atom is -0.487 e. The van der Waals surface area contributed by atoms with E-state index in [1.165, 1.54) is 6.07 Å². The number of nitrogens with zero attached hydrogens (tertiary/aromatic N) is 1. The summed E-state index contributed by atoms with van der Waals surface area (Å²) in [6.07, 6.45) is 2.59. The molecule has 1 heterocycles. The van der Waals surface area contributed by atoms with Crippen LogP contribution in [0.1, 0.15) is 55.1 Å². The van der Waals surface area contributed by atoms with Gasteiger partial charge in [-0.1, -0.05) is 18.2 Å². The predicted molar refractivity (Wildman–Crippen MR) is 106 cm³/mol. The maximum absolute atomic E-state index is 12.2. The summed E-state index contributed by atoms with van der Waals surface area (Å²) in [5, 5.41) is 17.8. The highest BCUT2D eigenvalue weighted by Gasteiger charge is 2.34. The minimum atomic E-state index is -0.452. The molecule has 7 nitrogen and oxygen atoms in total. The SMILES string of the molecule is CC1(C)CC(Nc2ccc(C(=O)NC3CC3)cc2[N+](=O)[O-])c2ccccc2O1. The normalized spacial score (nSPS) is 19.9. The van der Waals surface area contributed by atoms with Crippen molar-refractivity contribution in [2.45, 2.75) is 50.8 Å². The number of nitrogens with one attached hydrogen (secondary N) is 2. The molecule has 7 heteroatoms. The van der Waals surface area contributed by atoms with E-state index < -0.39 is 10.5 Å². The topological polar surface area (TPSA) is 93.5 Å². The lowest BCUT2D eigenvalue weighted by atomic mass is 9.89. The van der Waals surface area contributed by atoms with E-state index in [0.717, 1.165) is 24.2 Å². The number of nitro benzene ring substituents is 1. The summed E-state index contributed by atoms with van der Waals surface area (Å²) in [5.41, 5.74) is 1.16. The molecule has 0 bridgehead atoms. The van der Waals surface area contributed by atoms with Crippen molar-refractivity contribution in [3.63, 3.8) is 0 Å². The van der Waals surface area contributed by atoms with Gasteiger partial charge in [-0.05, 0) is 44.9 Å². The van der Waals surface area contributed by atoms with Gasteiger partial charge in [0.1, 0.15) is 17.0 Å². The molecule has 2 aromatic carbocycles. The average Bonchev–Trinajstić information content (AvgIpc) is 3.44. The van der Waals surface area contributed by atoms with Crippen LogP contribution in [0, 0.1) is 10.1 Å². The van der Waals surface area contributed by atoms with Gasteiger partial charge in [0.2, 0.25) is 0 Å². The zero-order valence-corrected chi connectivity index (χ0v) is 15.9. The van der Waals surface area contributed by atoms with Gasteiger partial charge in [-0.2, -0.15) is 0 Å². The van der Waals surface area contributed by atoms with Gasteiger partial charge in [0.25, 0.3) is 11.6 Å². The lowest BCUT2D eigenvalue weighted by molar-refractivity contribution is -0.384. The Morgan fingerprint density at radius 3 is 2.68 bits per heavy atom. The molecule has 1 atom stereocenters. The molecule has 1 aliphatic carbocycles. The first kappa shape index (κ1) is 18.3. The van der Waals surface area contributed by atoms with Crippen molar-refractivity contribution in [2.24, 2.45) is 0 Å². The zero-order valence-electron chi connectivity index (χ0n) is 15.9. The highest BCUT2D eigenvalue weighted by atomic mass is 16.6. The molecular formula is C21H23N3O4. The Kier molecular flexibility index (Phi) is 4.45. The number of para-hydroxylation sites is 1. The fourth-order valence-corrected chi connectivity index (χ4v) is 3.56. The van der Waals surface area contributed by atoms with Gasteiger partial charge >= 0.3 is 0 Å². The number of carbonyl (C=O) groups is 1. The van der Waals surface area contributed by atoms with Gasteiger partial charge in [0.15, 0.2) is 0 Å². The van der Waals surface area contributed by atoms with E-state index in [1.54, 1.807) is 12.1 Å². The Morgan fingerprint density at radius 2 is 1.96 bits per heavy atom. The molecule has 0 radical (unpaired) electrons. The van der Waals surface area contributed by atoms with E-state index >= 15 is 0 Å². The van der Waals surface area contributed by atoms with Crippen LogP contribution in [0.4, 0.5) is 11.4 Å². The van der Waals surface area contributed by atoms with E-state index in [-0.39, 0.29) is 23.7 Å². The summed E-state index contributed by atoms with van der Waals surface area (Å²) in [4.78, 5) is 23.5.